The van der Waals surface area contributed by atoms with E-state index >= 15 is 0 Å². The number of hydrogen-bond donors (Lipinski definition) is 0. The Hall–Kier alpha value is -2.91. The van der Waals surface area contributed by atoms with E-state index < -0.39 is 53.1 Å². The van der Waals surface area contributed by atoms with E-state index in [0.717, 1.165) is 9.52 Å². The average Bonchev–Trinajstić information content (AvgIpc) is 3.95. The van der Waals surface area contributed by atoms with Crippen molar-refractivity contribution in [3.63, 3.8) is 0 Å². The molecule has 0 aromatic heterocycles. The number of hydrogen-bond acceptors (Lipinski definition) is 0. The van der Waals surface area contributed by atoms with Crippen molar-refractivity contribution in [1.82, 2.24) is 0 Å². The summed E-state index contributed by atoms with van der Waals surface area (Å²) in [4.78, 5) is 0. The van der Waals surface area contributed by atoms with E-state index in [1.54, 1.807) is 20.7 Å². The van der Waals surface area contributed by atoms with Gasteiger partial charge in [0.1, 0.15) is 0 Å². The van der Waals surface area contributed by atoms with Gasteiger partial charge >= 0.3 is 37.9 Å². The fourth-order valence-corrected chi connectivity index (χ4v) is 14.0. The first kappa shape index (κ1) is 60.0. The van der Waals surface area contributed by atoms with Gasteiger partial charge in [0.2, 0.25) is 0 Å². The molecule has 0 unspecified atom stereocenters. The van der Waals surface area contributed by atoms with E-state index in [-0.39, 0.29) is 10.8 Å². The third kappa shape index (κ3) is 15.1. The van der Waals surface area contributed by atoms with Crippen LogP contribution in [0.5, 0.6) is 0 Å². The molecule has 72 heavy (non-hydrogen) atoms. The minimum atomic E-state index is -1.47. The molecule has 8 aromatic carbocycles. The molecule has 378 valence electrons. The van der Waals surface area contributed by atoms with Gasteiger partial charge in [-0.2, -0.15) is 12.1 Å². The molecule has 8 heteroatoms. The summed E-state index contributed by atoms with van der Waals surface area (Å²) in [5, 5.41) is 11.7. The van der Waals surface area contributed by atoms with Crippen LogP contribution in [-0.2, 0) is 31.7 Å². The maximum atomic E-state index is 4.93. The van der Waals surface area contributed by atoms with Crippen LogP contribution < -0.4 is 20.7 Å². The molecule has 0 nitrogen and oxygen atoms in total. The summed E-state index contributed by atoms with van der Waals surface area (Å²) in [7, 11) is 5.05. The maximum absolute atomic E-state index is 4.93. The average molecular weight is 1160 g/mol. The van der Waals surface area contributed by atoms with Gasteiger partial charge < -0.3 is 0 Å². The number of rotatable bonds is 8. The normalized spacial score (nSPS) is 12.3. The second-order valence-electron chi connectivity index (χ2n) is 25.9. The second kappa shape index (κ2) is 24.0. The number of fused-ring (bicyclic) bond motifs is 2. The standard InChI is InChI=1S/2C31H39Si2.C2H6Si.2ClH.Zr/c2*1-31(2,3)25-17-23-15-16-28(22-13-11-10-12-14-22)30(29(23)20-25)24-18-26(32(4,5)6)21-27(19-24)33(7,8)9;1-3-2;;;/h2*10-21H,1-9H3;1-2H3;2*1H;/q2*-1;;;;+4/p-2. The first-order valence-corrected chi connectivity index (χ1v) is 48.1. The first-order valence-electron chi connectivity index (χ1n) is 25.8. The summed E-state index contributed by atoms with van der Waals surface area (Å²) in [5.41, 5.74) is 13.9. The predicted octanol–water partition coefficient (Wildman–Crippen LogP) is 18.7. The Morgan fingerprint density at radius 2 is 0.653 bits per heavy atom. The van der Waals surface area contributed by atoms with Crippen molar-refractivity contribution in [3.8, 4) is 44.5 Å². The molecule has 0 atom stereocenters. The molecule has 0 spiro atoms. The zero-order valence-corrected chi connectivity index (χ0v) is 56.6. The van der Waals surface area contributed by atoms with Gasteiger partial charge in [-0.3, -0.25) is 0 Å². The Morgan fingerprint density at radius 3 is 0.889 bits per heavy atom. The van der Waals surface area contributed by atoms with Gasteiger partial charge in [-0.25, -0.2) is 0 Å². The van der Waals surface area contributed by atoms with E-state index in [1.165, 1.54) is 77.2 Å². The van der Waals surface area contributed by atoms with E-state index in [9.17, 15) is 0 Å². The summed E-state index contributed by atoms with van der Waals surface area (Å²) in [5.74, 6) is 0. The fourth-order valence-electron chi connectivity index (χ4n) is 9.04. The molecule has 0 fully saturated rings. The van der Waals surface area contributed by atoms with Crippen molar-refractivity contribution in [3.05, 3.63) is 157 Å². The topological polar surface area (TPSA) is 0 Å². The summed E-state index contributed by atoms with van der Waals surface area (Å²) in [6.07, 6.45) is 0. The van der Waals surface area contributed by atoms with Gasteiger partial charge in [0.15, 0.2) is 0 Å². The number of halogens is 2. The Kier molecular flexibility index (Phi) is 20.0. The first-order chi connectivity index (χ1) is 33.3. The summed E-state index contributed by atoms with van der Waals surface area (Å²) in [6, 6.07) is 56.0. The molecule has 8 aromatic rings. The van der Waals surface area contributed by atoms with Crippen LogP contribution in [0.25, 0.3) is 66.1 Å². The van der Waals surface area contributed by atoms with Crippen molar-refractivity contribution in [2.24, 2.45) is 0 Å². The van der Waals surface area contributed by atoms with Crippen LogP contribution in [0, 0.1) is 0 Å². The molecule has 0 N–H and O–H groups in total. The van der Waals surface area contributed by atoms with Gasteiger partial charge in [-0.15, -0.1) is 56.9 Å². The van der Waals surface area contributed by atoms with E-state index in [4.69, 9.17) is 17.0 Å². The number of benzene rings is 6. The van der Waals surface area contributed by atoms with Gasteiger partial charge in [0.05, 0.1) is 32.3 Å². The molecule has 0 aliphatic heterocycles. The van der Waals surface area contributed by atoms with Crippen LogP contribution in [0.1, 0.15) is 52.7 Å². The molecule has 8 rings (SSSR count). The van der Waals surface area contributed by atoms with Crippen LogP contribution in [0.2, 0.25) is 91.7 Å². The molecule has 0 aliphatic carbocycles. The summed E-state index contributed by atoms with van der Waals surface area (Å²) < 4.78 is 0. The molecular weight excluding hydrogens is 1070 g/mol. The van der Waals surface area contributed by atoms with Crippen molar-refractivity contribution in [2.75, 3.05) is 0 Å². The Labute approximate surface area is 463 Å². The molecule has 0 heterocycles. The van der Waals surface area contributed by atoms with Gasteiger partial charge in [0.25, 0.3) is 0 Å². The zero-order valence-electron chi connectivity index (χ0n) is 47.6. The van der Waals surface area contributed by atoms with Gasteiger partial charge in [-0.05, 0) is 44.2 Å². The fraction of sp³-hybridized carbons (Fsp3) is 0.344. The molecule has 0 bridgehead atoms. The third-order valence-corrected chi connectivity index (χ3v) is 21.7. The molecule has 0 saturated heterocycles. The zero-order chi connectivity index (χ0) is 53.8. The van der Waals surface area contributed by atoms with Crippen LogP contribution in [0.3, 0.4) is 0 Å². The Balaban J connectivity index is 0.000000241. The molecule has 0 saturated carbocycles. The minimum absolute atomic E-state index is 0.132. The molecular formula is C64H84Cl2Si5Zr. The van der Waals surface area contributed by atoms with E-state index in [0.29, 0.717) is 0 Å². The van der Waals surface area contributed by atoms with Crippen molar-refractivity contribution in [1.29, 1.82) is 0 Å². The molecule has 2 radical (unpaired) electrons. The third-order valence-electron chi connectivity index (χ3n) is 13.6. The molecule has 0 amide bonds. The summed E-state index contributed by atoms with van der Waals surface area (Å²) in [6.45, 7) is 47.8. The second-order valence-corrected chi connectivity index (χ2v) is 50.9. The Morgan fingerprint density at radius 1 is 0.389 bits per heavy atom. The van der Waals surface area contributed by atoms with E-state index in [2.05, 4.69) is 279 Å². The van der Waals surface area contributed by atoms with Crippen molar-refractivity contribution in [2.45, 2.75) is 144 Å². The summed E-state index contributed by atoms with van der Waals surface area (Å²) >= 11 is -0.826. The van der Waals surface area contributed by atoms with Crippen LogP contribution >= 0.6 is 17.0 Å². The Bertz CT molecular complexity index is 2780. The monoisotopic (exact) mass is 1150 g/mol. The predicted molar refractivity (Wildman–Crippen MR) is 339 cm³/mol. The molecule has 0 aliphatic rings. The quantitative estimate of drug-likeness (QED) is 0.105. The van der Waals surface area contributed by atoms with Crippen LogP contribution in [0.15, 0.2) is 146 Å². The van der Waals surface area contributed by atoms with Gasteiger partial charge in [0, 0.05) is 9.52 Å². The van der Waals surface area contributed by atoms with Crippen LogP contribution in [0.4, 0.5) is 0 Å². The van der Waals surface area contributed by atoms with Gasteiger partial charge in [-0.1, -0.05) is 274 Å². The van der Waals surface area contributed by atoms with Crippen molar-refractivity contribution < 1.29 is 20.8 Å². The van der Waals surface area contributed by atoms with Crippen LogP contribution in [-0.4, -0.2) is 41.8 Å². The van der Waals surface area contributed by atoms with E-state index in [1.807, 2.05) is 0 Å². The van der Waals surface area contributed by atoms with Crippen molar-refractivity contribution >= 4 is 101 Å². The SMILES string of the molecule is CC(C)(C)c1cc2c(-c3cc([Si](C)(C)C)cc([Si](C)(C)C)c3)c(-c3ccccc3)ccc2[cH-]1.CC(C)(C)c1cc2c(-c3cc([Si](C)(C)C)cc([Si](C)(C)C)c3)c(-c3ccccc3)ccc2[cH-]1.C[Si]C.[Cl][Zr+2][Cl].